The first kappa shape index (κ1) is 20.5. The Morgan fingerprint density at radius 3 is 2.65 bits per heavy atom. The molecule has 4 unspecified atom stereocenters. The Kier molecular flexibility index (Phi) is 4.83. The van der Waals surface area contributed by atoms with Crippen molar-refractivity contribution in [3.05, 3.63) is 70.8 Å². The summed E-state index contributed by atoms with van der Waals surface area (Å²) in [5, 5.41) is 5.02. The molecule has 31 heavy (non-hydrogen) atoms. The maximum Gasteiger partial charge on any atom is 0.380 e. The summed E-state index contributed by atoms with van der Waals surface area (Å²) in [6, 6.07) is 15.6. The van der Waals surface area contributed by atoms with Crippen LogP contribution in [-0.2, 0) is 21.5 Å². The number of allylic oxidation sites excluding steroid dienone is 1. The molecule has 0 amide bonds. The molecule has 2 fully saturated rings. The van der Waals surface area contributed by atoms with Crippen LogP contribution in [0.3, 0.4) is 0 Å². The van der Waals surface area contributed by atoms with Crippen molar-refractivity contribution in [1.29, 1.82) is 0 Å². The predicted molar refractivity (Wildman–Crippen MR) is 120 cm³/mol. The van der Waals surface area contributed by atoms with Crippen molar-refractivity contribution in [2.75, 3.05) is 0 Å². The number of hydrogen-bond acceptors (Lipinski definition) is 4. The van der Waals surface area contributed by atoms with E-state index in [0.29, 0.717) is 23.5 Å². The zero-order valence-electron chi connectivity index (χ0n) is 17.6. The summed E-state index contributed by atoms with van der Waals surface area (Å²) in [6.07, 6.45) is 6.64. The van der Waals surface area contributed by atoms with E-state index >= 15 is 0 Å². The number of rotatable bonds is 3. The van der Waals surface area contributed by atoms with Gasteiger partial charge in [-0.1, -0.05) is 43.3 Å². The van der Waals surface area contributed by atoms with E-state index in [2.05, 4.69) is 13.0 Å². The lowest BCUT2D eigenvalue weighted by molar-refractivity contribution is -0.127. The molecule has 6 heteroatoms. The summed E-state index contributed by atoms with van der Waals surface area (Å²) in [5.41, 5.74) is 4.17. The Labute approximate surface area is 183 Å². The fourth-order valence-corrected chi connectivity index (χ4v) is 6.67. The van der Waals surface area contributed by atoms with Gasteiger partial charge in [0.2, 0.25) is 0 Å². The SMILES string of the molecule is CC12CCC3c4ccc(OS(N)(=O)=O)cc4CCC3C1CC(=Cc1ccccc1)C2=O. The van der Waals surface area contributed by atoms with E-state index in [9.17, 15) is 13.2 Å². The fourth-order valence-electron chi connectivity index (χ4n) is 6.29. The first-order valence-electron chi connectivity index (χ1n) is 10.9. The van der Waals surface area contributed by atoms with Crippen LogP contribution in [0.4, 0.5) is 0 Å². The molecule has 0 spiro atoms. The lowest BCUT2D eigenvalue weighted by Crippen LogP contribution is -2.42. The molecule has 0 aliphatic heterocycles. The third-order valence-corrected chi connectivity index (χ3v) is 8.12. The van der Waals surface area contributed by atoms with Gasteiger partial charge in [-0.2, -0.15) is 13.6 Å². The number of aryl methyl sites for hydroxylation is 1. The molecule has 3 aliphatic rings. The minimum absolute atomic E-state index is 0.268. The highest BCUT2D eigenvalue weighted by Gasteiger charge is 2.56. The summed E-state index contributed by atoms with van der Waals surface area (Å²) >= 11 is 0. The van der Waals surface area contributed by atoms with Crippen molar-refractivity contribution < 1.29 is 17.4 Å². The Bertz CT molecular complexity index is 1170. The van der Waals surface area contributed by atoms with Crippen LogP contribution in [-0.4, -0.2) is 14.2 Å². The van der Waals surface area contributed by atoms with Gasteiger partial charge in [0.1, 0.15) is 5.75 Å². The Balaban J connectivity index is 1.44. The molecule has 0 bridgehead atoms. The zero-order chi connectivity index (χ0) is 21.8. The zero-order valence-corrected chi connectivity index (χ0v) is 18.4. The van der Waals surface area contributed by atoms with Gasteiger partial charge in [-0.15, -0.1) is 0 Å². The van der Waals surface area contributed by atoms with Gasteiger partial charge in [0.15, 0.2) is 5.78 Å². The van der Waals surface area contributed by atoms with E-state index in [1.54, 1.807) is 6.07 Å². The molecule has 0 radical (unpaired) electrons. The maximum atomic E-state index is 13.4. The molecule has 0 aromatic heterocycles. The monoisotopic (exact) mass is 437 g/mol. The summed E-state index contributed by atoms with van der Waals surface area (Å²) in [4.78, 5) is 13.4. The van der Waals surface area contributed by atoms with E-state index < -0.39 is 10.3 Å². The highest BCUT2D eigenvalue weighted by molar-refractivity contribution is 7.84. The third-order valence-electron chi connectivity index (χ3n) is 7.69. The second-order valence-electron chi connectivity index (χ2n) is 9.42. The first-order chi connectivity index (χ1) is 14.7. The highest BCUT2D eigenvalue weighted by atomic mass is 32.2. The van der Waals surface area contributed by atoms with Crippen molar-refractivity contribution in [3.8, 4) is 5.75 Å². The number of Topliss-reactive ketones (excluding diaryl/α,β-unsaturated/α-hetero) is 1. The van der Waals surface area contributed by atoms with Gasteiger partial charge >= 0.3 is 10.3 Å². The van der Waals surface area contributed by atoms with Crippen molar-refractivity contribution >= 4 is 22.2 Å². The predicted octanol–water partition coefficient (Wildman–Crippen LogP) is 4.39. The Hall–Kier alpha value is -2.44. The molecule has 4 atom stereocenters. The van der Waals surface area contributed by atoms with E-state index in [-0.39, 0.29) is 11.2 Å². The van der Waals surface area contributed by atoms with Crippen molar-refractivity contribution in [2.24, 2.45) is 22.4 Å². The lowest BCUT2D eigenvalue weighted by Gasteiger charge is -2.48. The number of hydrogen-bond donors (Lipinski definition) is 1. The van der Waals surface area contributed by atoms with Crippen LogP contribution in [0.2, 0.25) is 0 Å². The van der Waals surface area contributed by atoms with Gasteiger partial charge in [-0.25, -0.2) is 0 Å². The molecule has 0 heterocycles. The smallest absolute Gasteiger partial charge is 0.371 e. The molecular formula is C25H27NO4S. The number of carbonyl (C=O) groups is 1. The summed E-state index contributed by atoms with van der Waals surface area (Å²) in [6.45, 7) is 2.17. The minimum Gasteiger partial charge on any atom is -0.371 e. The third kappa shape index (κ3) is 3.62. The second-order valence-corrected chi connectivity index (χ2v) is 10.6. The standard InChI is InChI=1S/C25H27NO4S/c1-25-12-11-21-20-10-8-19(30-31(26,28)29)14-17(20)7-9-22(21)23(25)15-18(24(25)27)13-16-5-3-2-4-6-16/h2-6,8,10,13-14,21-23H,7,9,11-12,15H2,1H3,(H2,26,28,29). The van der Waals surface area contributed by atoms with Crippen LogP contribution in [0.25, 0.3) is 6.08 Å². The Morgan fingerprint density at radius 2 is 1.90 bits per heavy atom. The Morgan fingerprint density at radius 1 is 1.13 bits per heavy atom. The van der Waals surface area contributed by atoms with Gasteiger partial charge < -0.3 is 4.18 Å². The van der Waals surface area contributed by atoms with Crippen LogP contribution < -0.4 is 9.32 Å². The molecule has 2 N–H and O–H groups in total. The minimum atomic E-state index is -4.03. The van der Waals surface area contributed by atoms with Gasteiger partial charge in [-0.3, -0.25) is 4.79 Å². The molecule has 5 rings (SSSR count). The molecule has 2 aromatic rings. The van der Waals surface area contributed by atoms with Gasteiger partial charge in [0.25, 0.3) is 0 Å². The van der Waals surface area contributed by atoms with Gasteiger partial charge in [-0.05, 0) is 90.3 Å². The second kappa shape index (κ2) is 7.31. The molecule has 2 saturated carbocycles. The van der Waals surface area contributed by atoms with Crippen LogP contribution in [0.5, 0.6) is 5.75 Å². The summed E-state index contributed by atoms with van der Waals surface area (Å²) in [5.74, 6) is 1.80. The highest BCUT2D eigenvalue weighted by Crippen LogP contribution is 2.60. The number of carbonyl (C=O) groups excluding carboxylic acids is 1. The largest absolute Gasteiger partial charge is 0.380 e. The summed E-state index contributed by atoms with van der Waals surface area (Å²) in [7, 11) is -4.03. The molecule has 2 aromatic carbocycles. The topological polar surface area (TPSA) is 86.5 Å². The van der Waals surface area contributed by atoms with Gasteiger partial charge in [0, 0.05) is 5.41 Å². The van der Waals surface area contributed by atoms with Crippen LogP contribution in [0.1, 0.15) is 55.2 Å². The van der Waals surface area contributed by atoms with Crippen molar-refractivity contribution in [3.63, 3.8) is 0 Å². The quantitative estimate of drug-likeness (QED) is 0.722. The van der Waals surface area contributed by atoms with E-state index in [1.165, 1.54) is 5.56 Å². The van der Waals surface area contributed by atoms with Crippen molar-refractivity contribution in [2.45, 2.75) is 44.9 Å². The fraction of sp³-hybridized carbons (Fsp3) is 0.400. The number of nitrogens with two attached hydrogens (primary N) is 1. The summed E-state index contributed by atoms with van der Waals surface area (Å²) < 4.78 is 27.4. The molecular weight excluding hydrogens is 410 g/mol. The number of ketones is 1. The van der Waals surface area contributed by atoms with E-state index in [1.807, 2.05) is 42.5 Å². The van der Waals surface area contributed by atoms with Crippen LogP contribution >= 0.6 is 0 Å². The van der Waals surface area contributed by atoms with Gasteiger partial charge in [0.05, 0.1) is 0 Å². The molecule has 5 nitrogen and oxygen atoms in total. The van der Waals surface area contributed by atoms with E-state index in [0.717, 1.165) is 48.8 Å². The normalized spacial score (nSPS) is 31.1. The van der Waals surface area contributed by atoms with Crippen LogP contribution in [0, 0.1) is 17.3 Å². The number of fused-ring (bicyclic) bond motifs is 5. The van der Waals surface area contributed by atoms with E-state index in [4.69, 9.17) is 9.32 Å². The first-order valence-corrected chi connectivity index (χ1v) is 12.4. The number of benzene rings is 2. The average molecular weight is 438 g/mol. The molecule has 0 saturated heterocycles. The average Bonchev–Trinajstić information content (AvgIpc) is 2.98. The lowest BCUT2D eigenvalue weighted by atomic mass is 9.55. The van der Waals surface area contributed by atoms with Crippen LogP contribution in [0.15, 0.2) is 54.1 Å². The maximum absolute atomic E-state index is 13.4. The molecule has 162 valence electrons. The molecule has 3 aliphatic carbocycles. The van der Waals surface area contributed by atoms with Crippen molar-refractivity contribution in [1.82, 2.24) is 0 Å².